The van der Waals surface area contributed by atoms with Gasteiger partial charge in [-0.3, -0.25) is 0 Å². The third-order valence-corrected chi connectivity index (χ3v) is 0. The topological polar surface area (TPSA) is 0 Å². The van der Waals surface area contributed by atoms with Crippen LogP contribution in [0.25, 0.3) is 0 Å². The Morgan fingerprint density at radius 1 is 1.40 bits per heavy atom. The van der Waals surface area contributed by atoms with Crippen molar-refractivity contribution in [2.45, 2.75) is 5.79 Å². The van der Waals surface area contributed by atoms with Crippen LogP contribution < -0.4 is 0 Å². The Hall–Kier alpha value is 2.84. The molecule has 0 fully saturated rings. The van der Waals surface area contributed by atoms with Crippen molar-refractivity contribution in [3.8, 4) is 0 Å². The zero-order chi connectivity index (χ0) is 2.00. The minimum Gasteiger partial charge on any atom is -1.00 e. The first-order valence-corrected chi connectivity index (χ1v) is 2.12. The van der Waals surface area contributed by atoms with Crippen LogP contribution in [0.5, 0.6) is 0 Å². The van der Waals surface area contributed by atoms with Gasteiger partial charge in [0, 0.05) is 17.1 Å². The summed E-state index contributed by atoms with van der Waals surface area (Å²) in [4.78, 5) is 0. The first-order valence-electron chi connectivity index (χ1n) is 0.707. The van der Waals surface area contributed by atoms with Crippen LogP contribution in [0.1, 0.15) is 2.85 Å². The summed E-state index contributed by atoms with van der Waals surface area (Å²) in [5.41, 5.74) is 0. The first-order chi connectivity index (χ1) is 1.00. The van der Waals surface area contributed by atoms with Gasteiger partial charge in [-0.1, -0.05) is 0 Å². The third kappa shape index (κ3) is 19.9. The molecule has 0 heterocycles. The molecule has 3 radical (unpaired) electrons. The van der Waals surface area contributed by atoms with E-state index in [-0.39, 0.29) is 79.8 Å². The average Bonchev–Trinajstić information content (AvgIpc) is 1.00. The van der Waals surface area contributed by atoms with Crippen LogP contribution in [0.3, 0.4) is 0 Å². The van der Waals surface area contributed by atoms with Crippen LogP contribution in [0, 0.1) is 0 Å². The normalized spacial score (nSPS) is 1.00. The minimum atomic E-state index is 0. The van der Waals surface area contributed by atoms with Crippen molar-refractivity contribution in [3.63, 3.8) is 0 Å². The molecule has 0 amide bonds. The van der Waals surface area contributed by atoms with Crippen LogP contribution in [0.4, 0.5) is 0 Å². The van der Waals surface area contributed by atoms with Gasteiger partial charge in [0.15, 0.2) is 16.3 Å². The predicted octanol–water partition coefficient (Wildman–Crippen LogP) is -1.41. The molecule has 0 N–H and O–H groups in total. The molecule has 5 heavy (non-hydrogen) atoms. The van der Waals surface area contributed by atoms with Gasteiger partial charge in [-0.2, -0.15) is 0 Å². The molecule has 0 nitrogen and oxygen atoms in total. The molecule has 0 bridgehead atoms. The van der Waals surface area contributed by atoms with Gasteiger partial charge in [0.1, 0.15) is 0 Å². The van der Waals surface area contributed by atoms with E-state index in [1.165, 1.54) is 0 Å². The van der Waals surface area contributed by atoms with E-state index in [4.69, 9.17) is 0 Å². The van der Waals surface area contributed by atoms with Gasteiger partial charge in [0.25, 0.3) is 0 Å². The Kier molecular flexibility index (Phi) is 144. The summed E-state index contributed by atoms with van der Waals surface area (Å²) in [6, 6.07) is 0. The zero-order valence-electron chi connectivity index (χ0n) is 5.79. The Bertz CT molecular complexity index is 17.7. The molecule has 0 aliphatic heterocycles. The summed E-state index contributed by atoms with van der Waals surface area (Å²) in [6.45, 7) is 0. The fourth-order valence-electron chi connectivity index (χ4n) is 0. The number of hydrogen-bond acceptors (Lipinski definition) is 0. The van der Waals surface area contributed by atoms with Gasteiger partial charge in [-0.15, -0.1) is 5.79 Å². The van der Waals surface area contributed by atoms with Crippen molar-refractivity contribution in [2.24, 2.45) is 0 Å². The maximum atomic E-state index is 2.03. The summed E-state index contributed by atoms with van der Waals surface area (Å²) in [5, 5.41) is 0. The van der Waals surface area contributed by atoms with Crippen LogP contribution in [-0.2, 0) is 17.1 Å². The van der Waals surface area contributed by atoms with Gasteiger partial charge in [-0.05, 0) is 11.0 Å². The van der Waals surface area contributed by atoms with Crippen molar-refractivity contribution in [3.05, 3.63) is 0 Å². The first kappa shape index (κ1) is 24.9. The molecule has 0 aliphatic carbocycles. The van der Waals surface area contributed by atoms with E-state index in [1.807, 2.05) is 22.1 Å². The standard InChI is InChI=1S/CH3.Al.Ba.Mn.H3Si.3H/h1H3;;;;1H3;;;/q;;+2;;;;2*-1. The monoisotopic (exact) mass is 269 g/mol. The third-order valence-electron chi connectivity index (χ3n) is 0. The Morgan fingerprint density at radius 3 is 1.40 bits per heavy atom. The van der Waals surface area contributed by atoms with Crippen LogP contribution in [0.15, 0.2) is 0 Å². The molecule has 29 valence electrons. The summed E-state index contributed by atoms with van der Waals surface area (Å²) >= 11 is 1.86. The van der Waals surface area contributed by atoms with E-state index in [2.05, 4.69) is 0 Å². The molecule has 4 heteroatoms. The molecule has 0 saturated carbocycles. The molecule has 0 aromatic heterocycles. The molecule has 0 saturated heterocycles. The summed E-state index contributed by atoms with van der Waals surface area (Å²) in [5.74, 6) is 2.03. The number of rotatable bonds is 0. The van der Waals surface area contributed by atoms with Crippen LogP contribution >= 0.6 is 0 Å². The van der Waals surface area contributed by atoms with Gasteiger partial charge >= 0.3 is 48.9 Å². The second-order valence-electron chi connectivity index (χ2n) is 0. The smallest absolute Gasteiger partial charge is 1.00 e. The van der Waals surface area contributed by atoms with Crippen molar-refractivity contribution >= 4 is 76.1 Å². The molecule has 0 spiro atoms. The van der Waals surface area contributed by atoms with Gasteiger partial charge in [-0.25, -0.2) is 0 Å². The SMILES string of the molecule is [Ba+2].[CH3][AlH].[H-].[H-].[Mn].[SiH3]. The minimum absolute atomic E-state index is 0. The molecular weight excluding hydrogens is 259 g/mol. The van der Waals surface area contributed by atoms with Gasteiger partial charge in [0.05, 0.1) is 0 Å². The average molecular weight is 268 g/mol. The summed E-state index contributed by atoms with van der Waals surface area (Å²) in [6.07, 6.45) is 0. The second-order valence-corrected chi connectivity index (χ2v) is 0. The Balaban J connectivity index is -0.000000000500. The van der Waals surface area contributed by atoms with Crippen molar-refractivity contribution in [1.82, 2.24) is 0 Å². The van der Waals surface area contributed by atoms with Crippen molar-refractivity contribution < 1.29 is 19.9 Å². The van der Waals surface area contributed by atoms with E-state index in [1.54, 1.807) is 0 Å². The molecule has 0 aromatic carbocycles. The van der Waals surface area contributed by atoms with Crippen molar-refractivity contribution in [2.75, 3.05) is 0 Å². The van der Waals surface area contributed by atoms with E-state index in [9.17, 15) is 0 Å². The van der Waals surface area contributed by atoms with Gasteiger partial charge in [0.2, 0.25) is 0 Å². The van der Waals surface area contributed by atoms with E-state index >= 15 is 0 Å². The second kappa shape index (κ2) is 28.9. The van der Waals surface area contributed by atoms with Crippen molar-refractivity contribution in [1.29, 1.82) is 0 Å². The zero-order valence-corrected chi connectivity index (χ0v) is 12.8. The molecule has 0 aliphatic rings. The summed E-state index contributed by atoms with van der Waals surface area (Å²) < 4.78 is 0. The van der Waals surface area contributed by atoms with Crippen LogP contribution in [-0.4, -0.2) is 76.1 Å². The van der Waals surface area contributed by atoms with Gasteiger partial charge < -0.3 is 2.85 Å². The Morgan fingerprint density at radius 2 is 1.40 bits per heavy atom. The maximum Gasteiger partial charge on any atom is 2.00 e. The fourth-order valence-corrected chi connectivity index (χ4v) is 0. The predicted molar refractivity (Wildman–Crippen MR) is 30.9 cm³/mol. The van der Waals surface area contributed by atoms with E-state index < -0.39 is 0 Å². The molecule has 0 atom stereocenters. The van der Waals surface area contributed by atoms with Crippen LogP contribution in [0.2, 0.25) is 5.79 Å². The molecule has 0 unspecified atom stereocenters. The maximum absolute atomic E-state index is 2.03. The Labute approximate surface area is 99.8 Å². The molecule has 0 rings (SSSR count). The molecule has 0 aromatic rings. The largest absolute Gasteiger partial charge is 2.00 e. The number of hydrogen-bond donors (Lipinski definition) is 0. The fraction of sp³-hybridized carbons (Fsp3) is 1.00. The van der Waals surface area contributed by atoms with E-state index in [0.29, 0.717) is 0 Å². The quantitative estimate of drug-likeness (QED) is 0.474. The molecular formula is CH9AlBaMnSi. The summed E-state index contributed by atoms with van der Waals surface area (Å²) in [7, 11) is 0. The van der Waals surface area contributed by atoms with E-state index in [0.717, 1.165) is 0 Å².